The number of aryl methyl sites for hydroxylation is 2. The Morgan fingerprint density at radius 2 is 1.86 bits per heavy atom. The van der Waals surface area contributed by atoms with Gasteiger partial charge in [0.1, 0.15) is 5.82 Å². The number of benzene rings is 2. The third-order valence-electron chi connectivity index (χ3n) is 2.94. The summed E-state index contributed by atoms with van der Waals surface area (Å²) >= 11 is 3.28. The molecule has 0 radical (unpaired) electrons. The SMILES string of the molecule is Cc1cc(N)c(NS(=O)(=O)c2cc(F)ccc2C)c(Br)c1. The molecule has 0 aromatic heterocycles. The first-order valence-electron chi connectivity index (χ1n) is 6.05. The summed E-state index contributed by atoms with van der Waals surface area (Å²) < 4.78 is 41.0. The quantitative estimate of drug-likeness (QED) is 0.808. The maximum Gasteiger partial charge on any atom is 0.262 e. The van der Waals surface area contributed by atoms with Gasteiger partial charge in [0, 0.05) is 4.47 Å². The van der Waals surface area contributed by atoms with Crippen LogP contribution in [0.25, 0.3) is 0 Å². The van der Waals surface area contributed by atoms with Crippen LogP contribution in [0.5, 0.6) is 0 Å². The van der Waals surface area contributed by atoms with Crippen molar-refractivity contribution in [2.75, 3.05) is 10.5 Å². The van der Waals surface area contributed by atoms with E-state index in [9.17, 15) is 12.8 Å². The van der Waals surface area contributed by atoms with Crippen molar-refractivity contribution in [3.8, 4) is 0 Å². The molecule has 0 fully saturated rings. The fourth-order valence-electron chi connectivity index (χ4n) is 1.93. The molecule has 0 bridgehead atoms. The average Bonchev–Trinajstić information content (AvgIpc) is 2.36. The largest absolute Gasteiger partial charge is 0.397 e. The van der Waals surface area contributed by atoms with Crippen LogP contribution in [-0.2, 0) is 10.0 Å². The normalized spacial score (nSPS) is 11.4. The number of sulfonamides is 1. The molecule has 3 N–H and O–H groups in total. The van der Waals surface area contributed by atoms with Crippen molar-refractivity contribution in [3.05, 3.63) is 51.7 Å². The van der Waals surface area contributed by atoms with Crippen molar-refractivity contribution in [1.29, 1.82) is 0 Å². The van der Waals surface area contributed by atoms with Crippen LogP contribution in [0, 0.1) is 19.7 Å². The second-order valence-electron chi connectivity index (χ2n) is 4.73. The molecule has 7 heteroatoms. The van der Waals surface area contributed by atoms with E-state index in [-0.39, 0.29) is 10.6 Å². The number of anilines is 2. The Hall–Kier alpha value is -1.60. The highest BCUT2D eigenvalue weighted by molar-refractivity contribution is 9.10. The summed E-state index contributed by atoms with van der Waals surface area (Å²) in [6, 6.07) is 7.01. The van der Waals surface area contributed by atoms with E-state index in [0.717, 1.165) is 11.6 Å². The maximum atomic E-state index is 13.3. The molecule has 2 aromatic rings. The zero-order chi connectivity index (χ0) is 15.8. The van der Waals surface area contributed by atoms with E-state index >= 15 is 0 Å². The van der Waals surface area contributed by atoms with E-state index in [2.05, 4.69) is 20.7 Å². The lowest BCUT2D eigenvalue weighted by Gasteiger charge is -2.14. The predicted molar refractivity (Wildman–Crippen MR) is 85.2 cm³/mol. The molecule has 112 valence electrons. The van der Waals surface area contributed by atoms with Crippen molar-refractivity contribution in [2.45, 2.75) is 18.7 Å². The third-order valence-corrected chi connectivity index (χ3v) is 5.06. The fraction of sp³-hybridized carbons (Fsp3) is 0.143. The molecule has 0 atom stereocenters. The summed E-state index contributed by atoms with van der Waals surface area (Å²) in [6.45, 7) is 3.44. The van der Waals surface area contributed by atoms with E-state index in [1.54, 1.807) is 19.1 Å². The van der Waals surface area contributed by atoms with Gasteiger partial charge >= 0.3 is 0 Å². The third kappa shape index (κ3) is 3.36. The summed E-state index contributed by atoms with van der Waals surface area (Å²) in [5.41, 5.74) is 7.72. The monoisotopic (exact) mass is 372 g/mol. The van der Waals surface area contributed by atoms with Gasteiger partial charge in [-0.25, -0.2) is 12.8 Å². The van der Waals surface area contributed by atoms with Gasteiger partial charge in [0.15, 0.2) is 0 Å². The summed E-state index contributed by atoms with van der Waals surface area (Å²) in [5.74, 6) is -0.614. The summed E-state index contributed by atoms with van der Waals surface area (Å²) in [6.07, 6.45) is 0. The molecule has 0 unspecified atom stereocenters. The Balaban J connectivity index is 2.50. The Bertz CT molecular complexity index is 784. The molecule has 0 aliphatic heterocycles. The van der Waals surface area contributed by atoms with Crippen LogP contribution in [0.15, 0.2) is 39.7 Å². The van der Waals surface area contributed by atoms with Crippen molar-refractivity contribution >= 4 is 37.3 Å². The van der Waals surface area contributed by atoms with Crippen molar-refractivity contribution in [3.63, 3.8) is 0 Å². The first kappa shape index (κ1) is 15.8. The number of hydrogen-bond acceptors (Lipinski definition) is 3. The van der Waals surface area contributed by atoms with Gasteiger partial charge in [0.05, 0.1) is 16.3 Å². The van der Waals surface area contributed by atoms with Gasteiger partial charge in [-0.15, -0.1) is 0 Å². The molecule has 0 heterocycles. The van der Waals surface area contributed by atoms with Crippen LogP contribution >= 0.6 is 15.9 Å². The fourth-order valence-corrected chi connectivity index (χ4v) is 4.12. The zero-order valence-corrected chi connectivity index (χ0v) is 13.8. The van der Waals surface area contributed by atoms with Crippen LogP contribution in [0.3, 0.4) is 0 Å². The van der Waals surface area contributed by atoms with Crippen LogP contribution in [0.4, 0.5) is 15.8 Å². The lowest BCUT2D eigenvalue weighted by molar-refractivity contribution is 0.594. The Morgan fingerprint density at radius 3 is 2.48 bits per heavy atom. The van der Waals surface area contributed by atoms with Crippen LogP contribution in [-0.4, -0.2) is 8.42 Å². The van der Waals surface area contributed by atoms with Gasteiger partial charge < -0.3 is 5.73 Å². The molecule has 2 rings (SSSR count). The highest BCUT2D eigenvalue weighted by atomic mass is 79.9. The van der Waals surface area contributed by atoms with Crippen molar-refractivity contribution in [1.82, 2.24) is 0 Å². The molecule has 0 aliphatic carbocycles. The topological polar surface area (TPSA) is 72.2 Å². The molecule has 2 aromatic carbocycles. The summed E-state index contributed by atoms with van der Waals surface area (Å²) in [7, 11) is -3.92. The van der Waals surface area contributed by atoms with Gasteiger partial charge in [0.2, 0.25) is 0 Å². The highest BCUT2D eigenvalue weighted by Crippen LogP contribution is 2.32. The first-order chi connectivity index (χ1) is 9.70. The highest BCUT2D eigenvalue weighted by Gasteiger charge is 2.20. The van der Waals surface area contributed by atoms with Crippen LogP contribution in [0.1, 0.15) is 11.1 Å². The van der Waals surface area contributed by atoms with E-state index in [0.29, 0.717) is 15.7 Å². The molecule has 4 nitrogen and oxygen atoms in total. The minimum Gasteiger partial charge on any atom is -0.397 e. The minimum atomic E-state index is -3.92. The number of halogens is 2. The molecule has 0 amide bonds. The molecule has 21 heavy (non-hydrogen) atoms. The lowest BCUT2D eigenvalue weighted by Crippen LogP contribution is -2.16. The zero-order valence-electron chi connectivity index (χ0n) is 11.4. The standard InChI is InChI=1S/C14H14BrFN2O2S/c1-8-5-11(15)14(12(17)6-8)18-21(19,20)13-7-10(16)4-3-9(13)2/h3-7,18H,17H2,1-2H3. The second kappa shape index (κ2) is 5.65. The van der Waals surface area contributed by atoms with Gasteiger partial charge in [-0.3, -0.25) is 4.72 Å². The maximum absolute atomic E-state index is 13.3. The van der Waals surface area contributed by atoms with Gasteiger partial charge in [0.25, 0.3) is 10.0 Å². The molecule has 0 saturated carbocycles. The molecule has 0 spiro atoms. The smallest absolute Gasteiger partial charge is 0.262 e. The summed E-state index contributed by atoms with van der Waals surface area (Å²) in [5, 5.41) is 0. The first-order valence-corrected chi connectivity index (χ1v) is 8.33. The Labute approximate surface area is 131 Å². The number of nitrogens with two attached hydrogens (primary N) is 1. The lowest BCUT2D eigenvalue weighted by atomic mass is 10.2. The van der Waals surface area contributed by atoms with E-state index in [1.807, 2.05) is 6.92 Å². The van der Waals surface area contributed by atoms with E-state index in [4.69, 9.17) is 5.73 Å². The van der Waals surface area contributed by atoms with E-state index < -0.39 is 15.8 Å². The summed E-state index contributed by atoms with van der Waals surface area (Å²) in [4.78, 5) is -0.116. The second-order valence-corrected chi connectivity index (χ2v) is 7.23. The molecular weight excluding hydrogens is 359 g/mol. The van der Waals surface area contributed by atoms with Crippen molar-refractivity contribution < 1.29 is 12.8 Å². The molecule has 0 saturated heterocycles. The van der Waals surface area contributed by atoms with Crippen LogP contribution in [0.2, 0.25) is 0 Å². The molecular formula is C14H14BrFN2O2S. The van der Waals surface area contributed by atoms with Gasteiger partial charge in [-0.1, -0.05) is 6.07 Å². The van der Waals surface area contributed by atoms with Gasteiger partial charge in [-0.05, 0) is 65.2 Å². The number of rotatable bonds is 3. The molecule has 0 aliphatic rings. The predicted octanol–water partition coefficient (Wildman–Crippen LogP) is 3.59. The number of nitrogens with one attached hydrogen (secondary N) is 1. The average molecular weight is 373 g/mol. The Kier molecular flexibility index (Phi) is 4.25. The number of hydrogen-bond donors (Lipinski definition) is 2. The van der Waals surface area contributed by atoms with Gasteiger partial charge in [-0.2, -0.15) is 0 Å². The minimum absolute atomic E-state index is 0.116. The number of nitrogen functional groups attached to an aromatic ring is 1. The Morgan fingerprint density at radius 1 is 1.19 bits per heavy atom. The van der Waals surface area contributed by atoms with Crippen molar-refractivity contribution in [2.24, 2.45) is 0 Å². The van der Waals surface area contributed by atoms with E-state index in [1.165, 1.54) is 12.1 Å². The van der Waals surface area contributed by atoms with Crippen LogP contribution < -0.4 is 10.5 Å².